The van der Waals surface area contributed by atoms with Crippen molar-refractivity contribution in [2.75, 3.05) is 7.11 Å². The number of methoxy groups -OCH3 is 1. The van der Waals surface area contributed by atoms with E-state index < -0.39 is 11.2 Å². The largest absolute Gasteiger partial charge is 0.495 e. The van der Waals surface area contributed by atoms with Crippen LogP contribution in [0.2, 0.25) is 5.02 Å². The first-order chi connectivity index (χ1) is 13.3. The Morgan fingerprint density at radius 3 is 2.71 bits per heavy atom. The number of nitrogens with two attached hydrogens (primary N) is 1. The van der Waals surface area contributed by atoms with Crippen molar-refractivity contribution in [3.8, 4) is 11.4 Å². The monoisotopic (exact) mass is 417 g/mol. The molecule has 3 aromatic rings. The maximum Gasteiger partial charge on any atom is 0.266 e. The number of aryl methyl sites for hydroxylation is 1. The molecular weight excluding hydrogens is 398 g/mol. The van der Waals surface area contributed by atoms with Crippen LogP contribution in [0.1, 0.15) is 18.9 Å². The van der Waals surface area contributed by atoms with Gasteiger partial charge in [0, 0.05) is 5.02 Å². The average molecular weight is 418 g/mol. The van der Waals surface area contributed by atoms with Crippen LogP contribution in [0, 0.1) is 6.92 Å². The van der Waals surface area contributed by atoms with Crippen LogP contribution >= 0.6 is 23.4 Å². The summed E-state index contributed by atoms with van der Waals surface area (Å²) in [6.07, 6.45) is 0.508. The number of ether oxygens (including phenoxy) is 1. The maximum absolute atomic E-state index is 13.4. The van der Waals surface area contributed by atoms with Gasteiger partial charge in [-0.1, -0.05) is 36.4 Å². The molecule has 0 spiro atoms. The molecule has 0 bridgehead atoms. The van der Waals surface area contributed by atoms with Gasteiger partial charge < -0.3 is 10.5 Å². The lowest BCUT2D eigenvalue weighted by Crippen LogP contribution is -2.28. The molecular formula is C20H20ClN3O3S. The van der Waals surface area contributed by atoms with E-state index in [4.69, 9.17) is 22.1 Å². The molecule has 0 aliphatic heterocycles. The second-order valence-corrected chi connectivity index (χ2v) is 7.90. The predicted octanol–water partition coefficient (Wildman–Crippen LogP) is 3.71. The minimum atomic E-state index is -0.523. The summed E-state index contributed by atoms with van der Waals surface area (Å²) in [5, 5.41) is 0.729. The van der Waals surface area contributed by atoms with Gasteiger partial charge in [-0.05, 0) is 49.2 Å². The van der Waals surface area contributed by atoms with Gasteiger partial charge in [0.05, 0.1) is 29.0 Å². The smallest absolute Gasteiger partial charge is 0.266 e. The first kappa shape index (κ1) is 20.2. The van der Waals surface area contributed by atoms with Gasteiger partial charge in [0.25, 0.3) is 5.56 Å². The summed E-state index contributed by atoms with van der Waals surface area (Å²) in [5.74, 6) is 0.0625. The molecule has 1 atom stereocenters. The lowest BCUT2D eigenvalue weighted by Gasteiger charge is -2.18. The van der Waals surface area contributed by atoms with E-state index in [-0.39, 0.29) is 5.56 Å². The molecule has 8 heteroatoms. The number of amides is 1. The summed E-state index contributed by atoms with van der Waals surface area (Å²) >= 11 is 7.24. The van der Waals surface area contributed by atoms with Crippen molar-refractivity contribution >= 4 is 40.2 Å². The summed E-state index contributed by atoms with van der Waals surface area (Å²) in [5.41, 5.74) is 7.22. The van der Waals surface area contributed by atoms with Crippen LogP contribution in [0.25, 0.3) is 16.6 Å². The molecule has 2 N–H and O–H groups in total. The summed E-state index contributed by atoms with van der Waals surface area (Å²) in [6, 6.07) is 10.5. The second-order valence-electron chi connectivity index (χ2n) is 6.29. The molecule has 28 heavy (non-hydrogen) atoms. The van der Waals surface area contributed by atoms with Crippen LogP contribution in [0.5, 0.6) is 5.75 Å². The number of benzene rings is 2. The van der Waals surface area contributed by atoms with Crippen molar-refractivity contribution < 1.29 is 9.53 Å². The van der Waals surface area contributed by atoms with Gasteiger partial charge in [0.1, 0.15) is 5.75 Å². The summed E-state index contributed by atoms with van der Waals surface area (Å²) < 4.78 is 6.94. The van der Waals surface area contributed by atoms with E-state index >= 15 is 0 Å². The fraction of sp³-hybridized carbons (Fsp3) is 0.250. The van der Waals surface area contributed by atoms with Gasteiger partial charge in [-0.2, -0.15) is 0 Å². The molecule has 1 unspecified atom stereocenters. The number of nitrogens with zero attached hydrogens (tertiary/aromatic N) is 2. The normalized spacial score (nSPS) is 12.1. The van der Waals surface area contributed by atoms with Crippen LogP contribution < -0.4 is 16.0 Å². The highest BCUT2D eigenvalue weighted by atomic mass is 35.5. The lowest BCUT2D eigenvalue weighted by molar-refractivity contribution is -0.117. The molecule has 0 saturated carbocycles. The third-order valence-corrected chi connectivity index (χ3v) is 5.88. The number of fused-ring (bicyclic) bond motifs is 1. The average Bonchev–Trinajstić information content (AvgIpc) is 2.65. The highest BCUT2D eigenvalue weighted by molar-refractivity contribution is 8.00. The maximum atomic E-state index is 13.4. The van der Waals surface area contributed by atoms with Crippen molar-refractivity contribution in [2.45, 2.75) is 30.7 Å². The number of hydrogen-bond donors (Lipinski definition) is 1. The lowest BCUT2D eigenvalue weighted by atomic mass is 10.2. The predicted molar refractivity (Wildman–Crippen MR) is 113 cm³/mol. The van der Waals surface area contributed by atoms with Gasteiger partial charge in [-0.15, -0.1) is 0 Å². The Morgan fingerprint density at radius 2 is 2.07 bits per heavy atom. The van der Waals surface area contributed by atoms with E-state index in [2.05, 4.69) is 4.98 Å². The highest BCUT2D eigenvalue weighted by Crippen LogP contribution is 2.31. The zero-order valence-corrected chi connectivity index (χ0v) is 17.3. The Hall–Kier alpha value is -2.51. The molecule has 0 fully saturated rings. The van der Waals surface area contributed by atoms with Crippen LogP contribution in [0.15, 0.2) is 46.3 Å². The number of carbonyl (C=O) groups excluding carboxylic acids is 1. The van der Waals surface area contributed by atoms with Gasteiger partial charge in [0.2, 0.25) is 5.91 Å². The first-order valence-electron chi connectivity index (χ1n) is 8.69. The van der Waals surface area contributed by atoms with E-state index in [9.17, 15) is 9.59 Å². The Bertz CT molecular complexity index is 1110. The Balaban J connectivity index is 2.36. The van der Waals surface area contributed by atoms with E-state index in [0.717, 1.165) is 17.3 Å². The molecule has 0 aliphatic rings. The van der Waals surface area contributed by atoms with Gasteiger partial charge >= 0.3 is 0 Å². The number of hydrogen-bond acceptors (Lipinski definition) is 5. The molecule has 0 radical (unpaired) electrons. The topological polar surface area (TPSA) is 87.2 Å². The van der Waals surface area contributed by atoms with Crippen molar-refractivity contribution in [3.63, 3.8) is 0 Å². The number of aromatic nitrogens is 2. The van der Waals surface area contributed by atoms with Crippen LogP contribution in [-0.2, 0) is 4.79 Å². The van der Waals surface area contributed by atoms with Crippen molar-refractivity contribution in [3.05, 3.63) is 57.3 Å². The van der Waals surface area contributed by atoms with Gasteiger partial charge in [-0.25, -0.2) is 4.98 Å². The molecule has 1 heterocycles. The summed E-state index contributed by atoms with van der Waals surface area (Å²) in [4.78, 5) is 29.8. The van der Waals surface area contributed by atoms with Crippen molar-refractivity contribution in [2.24, 2.45) is 5.73 Å². The molecule has 0 saturated heterocycles. The third kappa shape index (κ3) is 3.86. The second kappa shape index (κ2) is 8.24. The van der Waals surface area contributed by atoms with Crippen molar-refractivity contribution in [1.82, 2.24) is 9.55 Å². The van der Waals surface area contributed by atoms with E-state index in [0.29, 0.717) is 38.9 Å². The molecule has 1 amide bonds. The van der Waals surface area contributed by atoms with E-state index in [1.165, 1.54) is 4.57 Å². The SMILES string of the molecule is CCC(Sc1nc2cc(Cl)ccc2c(=O)n1-c1cc(C)ccc1OC)C(N)=O. The van der Waals surface area contributed by atoms with E-state index in [1.54, 1.807) is 31.4 Å². The molecule has 3 rings (SSSR count). The number of carbonyl (C=O) groups is 1. The first-order valence-corrected chi connectivity index (χ1v) is 9.94. The minimum Gasteiger partial charge on any atom is -0.495 e. The molecule has 146 valence electrons. The fourth-order valence-corrected chi connectivity index (χ4v) is 4.02. The number of halogens is 1. The van der Waals surface area contributed by atoms with Crippen molar-refractivity contribution in [1.29, 1.82) is 0 Å². The molecule has 2 aromatic carbocycles. The number of primary amides is 1. The summed E-state index contributed by atoms with van der Waals surface area (Å²) in [7, 11) is 1.54. The standard InChI is InChI=1S/C20H20ClN3O3S/c1-4-17(18(22)25)28-20-23-14-10-12(21)6-7-13(14)19(26)24(20)15-9-11(2)5-8-16(15)27-3/h5-10,17H,4H2,1-3H3,(H2,22,25). The molecule has 0 aliphatic carbocycles. The Kier molecular flexibility index (Phi) is 5.96. The number of thioether (sulfide) groups is 1. The zero-order chi connectivity index (χ0) is 20.4. The number of rotatable bonds is 6. The van der Waals surface area contributed by atoms with Gasteiger partial charge in [-0.3, -0.25) is 14.2 Å². The van der Waals surface area contributed by atoms with Crippen LogP contribution in [-0.4, -0.2) is 27.8 Å². The van der Waals surface area contributed by atoms with Crippen LogP contribution in [0.3, 0.4) is 0 Å². The summed E-state index contributed by atoms with van der Waals surface area (Å²) in [6.45, 7) is 3.78. The van der Waals surface area contributed by atoms with E-state index in [1.807, 2.05) is 26.0 Å². The zero-order valence-electron chi connectivity index (χ0n) is 15.7. The van der Waals surface area contributed by atoms with Crippen LogP contribution in [0.4, 0.5) is 0 Å². The third-order valence-electron chi connectivity index (χ3n) is 4.31. The minimum absolute atomic E-state index is 0.271. The molecule has 1 aromatic heterocycles. The molecule has 6 nitrogen and oxygen atoms in total. The Morgan fingerprint density at radius 1 is 1.32 bits per heavy atom. The fourth-order valence-electron chi connectivity index (χ4n) is 2.87. The quantitative estimate of drug-likeness (QED) is 0.488. The Labute approximate surface area is 171 Å². The van der Waals surface area contributed by atoms with Gasteiger partial charge in [0.15, 0.2) is 5.16 Å². The highest BCUT2D eigenvalue weighted by Gasteiger charge is 2.22.